The average Bonchev–Trinajstić information content (AvgIpc) is 2.70. The number of halogens is 1. The smallest absolute Gasteiger partial charge is 0.165 e. The van der Waals surface area contributed by atoms with Crippen molar-refractivity contribution in [3.8, 4) is 28.1 Å². The number of phenolic OH excluding ortho intramolecular Hbond substituents is 1. The summed E-state index contributed by atoms with van der Waals surface area (Å²) >= 11 is 0. The molecule has 3 rings (SSSR count). The van der Waals surface area contributed by atoms with Gasteiger partial charge in [0.1, 0.15) is 0 Å². The van der Waals surface area contributed by atoms with Crippen LogP contribution in [-0.2, 0) is 0 Å². The zero-order valence-electron chi connectivity index (χ0n) is 15.8. The van der Waals surface area contributed by atoms with E-state index < -0.39 is 5.82 Å². The van der Waals surface area contributed by atoms with Crippen molar-refractivity contribution < 1.29 is 14.6 Å². The molecule has 0 bridgehead atoms. The number of hydrogen-bond donors (Lipinski definition) is 2. The van der Waals surface area contributed by atoms with Crippen LogP contribution in [0.5, 0.6) is 5.75 Å². The van der Waals surface area contributed by atoms with Gasteiger partial charge in [-0.1, -0.05) is 48.6 Å². The monoisotopic (exact) mass is 377 g/mol. The Morgan fingerprint density at radius 1 is 1.00 bits per heavy atom. The fourth-order valence-corrected chi connectivity index (χ4v) is 2.95. The molecular weight excluding hydrogens is 353 g/mol. The minimum Gasteiger partial charge on any atom is -0.505 e. The molecule has 0 saturated carbocycles. The lowest BCUT2D eigenvalue weighted by Crippen LogP contribution is -1.97. The van der Waals surface area contributed by atoms with Crippen molar-refractivity contribution in [3.05, 3.63) is 78.3 Å². The minimum atomic E-state index is -0.627. The SMILES string of the molecule is CC(O)CCCC=Cc1ccc(-c2ccc(-c3ccc(O)c(F)c3)cc2)nc1. The molecule has 28 heavy (non-hydrogen) atoms. The van der Waals surface area contributed by atoms with Gasteiger partial charge >= 0.3 is 0 Å². The second-order valence-electron chi connectivity index (χ2n) is 6.90. The number of hydrogen-bond acceptors (Lipinski definition) is 3. The summed E-state index contributed by atoms with van der Waals surface area (Å²) in [5, 5.41) is 18.6. The van der Waals surface area contributed by atoms with Crippen molar-refractivity contribution in [2.24, 2.45) is 0 Å². The van der Waals surface area contributed by atoms with Crippen LogP contribution in [0, 0.1) is 5.82 Å². The van der Waals surface area contributed by atoms with Gasteiger partial charge in [-0.15, -0.1) is 0 Å². The van der Waals surface area contributed by atoms with Crippen molar-refractivity contribution in [2.75, 3.05) is 0 Å². The summed E-state index contributed by atoms with van der Waals surface area (Å²) in [6.45, 7) is 1.81. The van der Waals surface area contributed by atoms with Gasteiger partial charge in [-0.3, -0.25) is 4.98 Å². The molecule has 0 fully saturated rings. The van der Waals surface area contributed by atoms with Crippen molar-refractivity contribution in [1.29, 1.82) is 0 Å². The summed E-state index contributed by atoms with van der Waals surface area (Å²) in [5.41, 5.74) is 4.48. The van der Waals surface area contributed by atoms with Gasteiger partial charge < -0.3 is 10.2 Å². The maximum atomic E-state index is 13.5. The summed E-state index contributed by atoms with van der Waals surface area (Å²) in [6.07, 6.45) is 8.46. The Kier molecular flexibility index (Phi) is 6.56. The number of aliphatic hydroxyl groups excluding tert-OH is 1. The van der Waals surface area contributed by atoms with Crippen molar-refractivity contribution >= 4 is 6.08 Å². The van der Waals surface area contributed by atoms with E-state index >= 15 is 0 Å². The Hall–Kier alpha value is -2.98. The number of aromatic hydroxyl groups is 1. The minimum absolute atomic E-state index is 0.242. The first kappa shape index (κ1) is 19.8. The number of allylic oxidation sites excluding steroid dienone is 1. The first-order chi connectivity index (χ1) is 13.5. The highest BCUT2D eigenvalue weighted by atomic mass is 19.1. The van der Waals surface area contributed by atoms with Crippen LogP contribution in [0.2, 0.25) is 0 Å². The molecule has 3 aromatic rings. The first-order valence-corrected chi connectivity index (χ1v) is 9.43. The van der Waals surface area contributed by atoms with Crippen molar-refractivity contribution in [1.82, 2.24) is 4.98 Å². The molecule has 3 nitrogen and oxygen atoms in total. The van der Waals surface area contributed by atoms with Gasteiger partial charge in [0.25, 0.3) is 0 Å². The first-order valence-electron chi connectivity index (χ1n) is 9.43. The molecule has 2 N–H and O–H groups in total. The van der Waals surface area contributed by atoms with Gasteiger partial charge in [0.15, 0.2) is 11.6 Å². The molecular formula is C24H24FNO2. The molecule has 0 spiro atoms. The number of rotatable bonds is 7. The molecule has 1 unspecified atom stereocenters. The highest BCUT2D eigenvalue weighted by Crippen LogP contribution is 2.27. The zero-order chi connectivity index (χ0) is 19.9. The highest BCUT2D eigenvalue weighted by molar-refractivity contribution is 5.69. The van der Waals surface area contributed by atoms with Gasteiger partial charge in [0, 0.05) is 11.8 Å². The van der Waals surface area contributed by atoms with Gasteiger partial charge in [0.05, 0.1) is 11.8 Å². The third-order valence-corrected chi connectivity index (χ3v) is 4.55. The van der Waals surface area contributed by atoms with E-state index in [0.29, 0.717) is 5.56 Å². The predicted molar refractivity (Wildman–Crippen MR) is 111 cm³/mol. The molecule has 0 aliphatic carbocycles. The lowest BCUT2D eigenvalue weighted by Gasteiger charge is -2.06. The van der Waals surface area contributed by atoms with Crippen LogP contribution in [0.4, 0.5) is 4.39 Å². The summed E-state index contributed by atoms with van der Waals surface area (Å²) in [7, 11) is 0. The number of aliphatic hydroxyl groups is 1. The van der Waals surface area contributed by atoms with E-state index in [1.807, 2.05) is 55.6 Å². The van der Waals surface area contributed by atoms with Gasteiger partial charge in [-0.25, -0.2) is 4.39 Å². The van der Waals surface area contributed by atoms with Crippen LogP contribution >= 0.6 is 0 Å². The second-order valence-corrected chi connectivity index (χ2v) is 6.90. The average molecular weight is 377 g/mol. The Morgan fingerprint density at radius 2 is 1.71 bits per heavy atom. The lowest BCUT2D eigenvalue weighted by molar-refractivity contribution is 0.182. The molecule has 1 heterocycles. The quantitative estimate of drug-likeness (QED) is 0.510. The molecule has 0 radical (unpaired) electrons. The van der Waals surface area contributed by atoms with E-state index in [2.05, 4.69) is 11.1 Å². The van der Waals surface area contributed by atoms with Crippen LogP contribution in [0.3, 0.4) is 0 Å². The van der Waals surface area contributed by atoms with Gasteiger partial charge in [0.2, 0.25) is 0 Å². The van der Waals surface area contributed by atoms with Crippen molar-refractivity contribution in [2.45, 2.75) is 32.3 Å². The highest BCUT2D eigenvalue weighted by Gasteiger charge is 2.05. The number of unbranched alkanes of at least 4 members (excludes halogenated alkanes) is 1. The summed E-state index contributed by atoms with van der Waals surface area (Å²) in [4.78, 5) is 4.52. The van der Waals surface area contributed by atoms with E-state index in [1.54, 1.807) is 6.07 Å². The number of phenols is 1. The molecule has 2 aromatic carbocycles. The maximum absolute atomic E-state index is 13.5. The number of benzene rings is 2. The molecule has 1 aromatic heterocycles. The summed E-state index contributed by atoms with van der Waals surface area (Å²) < 4.78 is 13.5. The molecule has 0 saturated heterocycles. The molecule has 0 aliphatic heterocycles. The lowest BCUT2D eigenvalue weighted by atomic mass is 10.0. The topological polar surface area (TPSA) is 53.4 Å². The standard InChI is InChI=1S/C24H24FNO2/c1-17(27)5-3-2-4-6-18-7-13-23(26-16-18)20-10-8-19(9-11-20)21-12-14-24(28)22(25)15-21/h4,6-17,27-28H,2-3,5H2,1H3. The Morgan fingerprint density at radius 3 is 2.36 bits per heavy atom. The van der Waals surface area contributed by atoms with Gasteiger partial charge in [-0.05, 0) is 61.1 Å². The fourth-order valence-electron chi connectivity index (χ4n) is 2.95. The third kappa shape index (κ3) is 5.27. The molecule has 1 atom stereocenters. The number of nitrogens with zero attached hydrogens (tertiary/aromatic N) is 1. The Bertz CT molecular complexity index is 932. The summed E-state index contributed by atoms with van der Waals surface area (Å²) in [6, 6.07) is 16.1. The van der Waals surface area contributed by atoms with Crippen molar-refractivity contribution in [3.63, 3.8) is 0 Å². The van der Waals surface area contributed by atoms with E-state index in [4.69, 9.17) is 0 Å². The van der Waals surface area contributed by atoms with E-state index in [1.165, 1.54) is 12.1 Å². The van der Waals surface area contributed by atoms with Crippen LogP contribution in [0.25, 0.3) is 28.5 Å². The summed E-state index contributed by atoms with van der Waals surface area (Å²) in [5.74, 6) is -0.973. The van der Waals surface area contributed by atoms with Crippen LogP contribution in [0.1, 0.15) is 31.7 Å². The third-order valence-electron chi connectivity index (χ3n) is 4.55. The Labute approximate surface area is 164 Å². The molecule has 144 valence electrons. The largest absolute Gasteiger partial charge is 0.505 e. The van der Waals surface area contributed by atoms with E-state index in [-0.39, 0.29) is 11.9 Å². The van der Waals surface area contributed by atoms with Crippen LogP contribution < -0.4 is 0 Å². The van der Waals surface area contributed by atoms with E-state index in [0.717, 1.165) is 41.6 Å². The normalized spacial score (nSPS) is 12.4. The number of pyridine rings is 1. The van der Waals surface area contributed by atoms with Crippen LogP contribution in [0.15, 0.2) is 66.9 Å². The predicted octanol–water partition coefficient (Wildman–Crippen LogP) is 5.82. The zero-order valence-corrected chi connectivity index (χ0v) is 15.8. The molecule has 0 aliphatic rings. The maximum Gasteiger partial charge on any atom is 0.165 e. The Balaban J connectivity index is 1.65. The van der Waals surface area contributed by atoms with Crippen LogP contribution in [-0.4, -0.2) is 21.3 Å². The fraction of sp³-hybridized carbons (Fsp3) is 0.208. The molecule has 4 heteroatoms. The van der Waals surface area contributed by atoms with Gasteiger partial charge in [-0.2, -0.15) is 0 Å². The number of aromatic nitrogens is 1. The second kappa shape index (κ2) is 9.29. The molecule has 0 amide bonds. The van der Waals surface area contributed by atoms with E-state index in [9.17, 15) is 14.6 Å².